The fraction of sp³-hybridized carbons (Fsp3) is 0. The van der Waals surface area contributed by atoms with Crippen LogP contribution in [-0.4, -0.2) is 19.6 Å². The summed E-state index contributed by atoms with van der Waals surface area (Å²) in [4.78, 5) is 0. The monoisotopic (exact) mass is 243 g/mol. The van der Waals surface area contributed by atoms with E-state index in [1.165, 1.54) is 0 Å². The summed E-state index contributed by atoms with van der Waals surface area (Å²) in [5, 5.41) is 1.01. The van der Waals surface area contributed by atoms with Crippen molar-refractivity contribution in [3.63, 3.8) is 0 Å². The predicted molar refractivity (Wildman–Crippen MR) is 64.5 cm³/mol. The molecular weight excluding hydrogens is 234 g/mol. The van der Waals surface area contributed by atoms with Crippen LogP contribution in [0, 0.1) is 0 Å². The van der Waals surface area contributed by atoms with Crippen molar-refractivity contribution in [2.24, 2.45) is 11.5 Å². The second kappa shape index (κ2) is 6.20. The molecule has 0 aromatic rings. The number of hydrazine groups is 1. The zero-order valence-corrected chi connectivity index (χ0v) is 9.50. The lowest BCUT2D eigenvalue weighted by Gasteiger charge is -2.24. The summed E-state index contributed by atoms with van der Waals surface area (Å²) in [6, 6.07) is 0. The minimum Gasteiger partial charge on any atom is -0.410 e. The molecule has 5 nitrogen and oxygen atoms in total. The molecule has 12 heavy (non-hydrogen) atoms. The average molecular weight is 243 g/mol. The van der Waals surface area contributed by atoms with Crippen LogP contribution >= 0.6 is 36.7 Å². The van der Waals surface area contributed by atoms with Crippen LogP contribution in [0.15, 0.2) is 0 Å². The summed E-state index contributed by atoms with van der Waals surface area (Å²) in [5.41, 5.74) is 12.8. The van der Waals surface area contributed by atoms with Gasteiger partial charge in [-0.05, 0) is 28.8 Å². The summed E-state index contributed by atoms with van der Waals surface area (Å²) < 4.78 is 0.0746. The minimum atomic E-state index is -0.0234. The van der Waals surface area contributed by atoms with Crippen LogP contribution in [-0.2, 0) is 12.6 Å². The Bertz CT molecular complexity index is 189. The molecule has 70 valence electrons. The molecule has 0 fully saturated rings. The number of hydrogen-bond acceptors (Lipinski definition) is 4. The molecule has 0 aliphatic rings. The van der Waals surface area contributed by atoms with Crippen molar-refractivity contribution in [3.8, 4) is 0 Å². The van der Waals surface area contributed by atoms with Crippen LogP contribution in [0.4, 0.5) is 0 Å². The quantitative estimate of drug-likeness (QED) is 0.256. The second-order valence-corrected chi connectivity index (χ2v) is 3.32. The maximum Gasteiger partial charge on any atom is 0.192 e. The van der Waals surface area contributed by atoms with Gasteiger partial charge in [-0.1, -0.05) is 0 Å². The van der Waals surface area contributed by atoms with E-state index in [1.54, 1.807) is 0 Å². The van der Waals surface area contributed by atoms with E-state index in [0.717, 1.165) is 5.01 Å². The van der Waals surface area contributed by atoms with Gasteiger partial charge >= 0.3 is 0 Å². The third-order valence-electron chi connectivity index (χ3n) is 0.644. The van der Waals surface area contributed by atoms with Crippen molar-refractivity contribution in [3.05, 3.63) is 0 Å². The van der Waals surface area contributed by atoms with Crippen LogP contribution in [0.1, 0.15) is 0 Å². The third-order valence-corrected chi connectivity index (χ3v) is 1.19. The maximum absolute atomic E-state index is 5.21. The molecule has 0 spiro atoms. The Morgan fingerprint density at radius 2 is 1.50 bits per heavy atom. The number of quaternary nitrogens is 1. The van der Waals surface area contributed by atoms with Gasteiger partial charge in [-0.2, -0.15) is 0 Å². The van der Waals surface area contributed by atoms with Crippen molar-refractivity contribution in [2.75, 3.05) is 0 Å². The summed E-state index contributed by atoms with van der Waals surface area (Å²) in [6.07, 6.45) is 0. The minimum absolute atomic E-state index is 0. The highest BCUT2D eigenvalue weighted by molar-refractivity contribution is 8.00. The molecule has 0 unspecified atom stereocenters. The van der Waals surface area contributed by atoms with E-state index in [9.17, 15) is 0 Å². The molecule has 0 amide bonds. The average Bonchev–Trinajstić information content (AvgIpc) is 1.81. The smallest absolute Gasteiger partial charge is 0.192 e. The molecule has 0 rings (SSSR count). The van der Waals surface area contributed by atoms with Gasteiger partial charge in [0.1, 0.15) is 0 Å². The largest absolute Gasteiger partial charge is 0.410 e. The first-order valence-corrected chi connectivity index (χ1v) is 3.95. The predicted octanol–water partition coefficient (Wildman–Crippen LogP) is -0.512. The molecule has 0 aliphatic carbocycles. The van der Waals surface area contributed by atoms with E-state index in [4.69, 9.17) is 11.5 Å². The summed E-state index contributed by atoms with van der Waals surface area (Å²) in [7, 11) is 0. The van der Waals surface area contributed by atoms with Gasteiger partial charge in [0.05, 0.1) is 0 Å². The molecule has 0 aliphatic heterocycles. The van der Waals surface area contributed by atoms with Gasteiger partial charge in [0.2, 0.25) is 0 Å². The SMILES string of the molecule is NC(=S)N(NC(=S)[S-])C(N)=S.[NH4+]. The van der Waals surface area contributed by atoms with Crippen molar-refractivity contribution < 1.29 is 0 Å². The molecular formula is C3H9N5S4. The van der Waals surface area contributed by atoms with Crippen LogP contribution in [0.5, 0.6) is 0 Å². The standard InChI is InChI=1S/C3H6N4S4.H3N/c4-1(8)7(2(5)9)6-3(10)11;/h(H2,4,8)(H2,5,9)(H2,6,10,11);1H3. The third kappa shape index (κ3) is 5.32. The highest BCUT2D eigenvalue weighted by Crippen LogP contribution is 1.82. The van der Waals surface area contributed by atoms with E-state index in [0.29, 0.717) is 0 Å². The Kier molecular flexibility index (Phi) is 7.33. The van der Waals surface area contributed by atoms with Crippen LogP contribution in [0.25, 0.3) is 0 Å². The lowest BCUT2D eigenvalue weighted by atomic mass is 10.9. The zero-order chi connectivity index (χ0) is 9.02. The van der Waals surface area contributed by atoms with E-state index in [1.807, 2.05) is 0 Å². The van der Waals surface area contributed by atoms with Gasteiger partial charge in [0, 0.05) is 0 Å². The highest BCUT2D eigenvalue weighted by atomic mass is 32.1. The van der Waals surface area contributed by atoms with Crippen LogP contribution in [0.2, 0.25) is 0 Å². The number of thiocarbonyl (C=S) groups is 3. The molecule has 9 heteroatoms. The Labute approximate surface area is 91.8 Å². The summed E-state index contributed by atoms with van der Waals surface area (Å²) in [6.45, 7) is 0. The van der Waals surface area contributed by atoms with Gasteiger partial charge in [-0.3, -0.25) is 0 Å². The molecule has 0 saturated carbocycles. The van der Waals surface area contributed by atoms with Crippen LogP contribution in [0.3, 0.4) is 0 Å². The molecule has 0 aromatic carbocycles. The van der Waals surface area contributed by atoms with Crippen LogP contribution < -0.4 is 23.0 Å². The van der Waals surface area contributed by atoms with E-state index in [-0.39, 0.29) is 20.7 Å². The second-order valence-electron chi connectivity index (χ2n) is 1.41. The van der Waals surface area contributed by atoms with Gasteiger partial charge in [-0.15, -0.1) is 0 Å². The van der Waals surface area contributed by atoms with E-state index >= 15 is 0 Å². The Balaban J connectivity index is 0. The molecule has 0 radical (unpaired) electrons. The van der Waals surface area contributed by atoms with Crippen molar-refractivity contribution in [1.82, 2.24) is 16.6 Å². The van der Waals surface area contributed by atoms with Crippen molar-refractivity contribution in [2.45, 2.75) is 0 Å². The number of hydrogen-bond donors (Lipinski definition) is 4. The van der Waals surface area contributed by atoms with Crippen molar-refractivity contribution >= 4 is 63.8 Å². The van der Waals surface area contributed by atoms with Crippen molar-refractivity contribution in [1.29, 1.82) is 0 Å². The summed E-state index contributed by atoms with van der Waals surface area (Å²) in [5.74, 6) is 0. The zero-order valence-electron chi connectivity index (χ0n) is 6.23. The first-order valence-electron chi connectivity index (χ1n) is 2.31. The highest BCUT2D eigenvalue weighted by Gasteiger charge is 2.05. The van der Waals surface area contributed by atoms with Gasteiger partial charge in [0.25, 0.3) is 0 Å². The Morgan fingerprint density at radius 3 is 1.58 bits per heavy atom. The van der Waals surface area contributed by atoms with Gasteiger partial charge in [-0.25, -0.2) is 5.01 Å². The molecule has 9 N–H and O–H groups in total. The summed E-state index contributed by atoms with van der Waals surface area (Å²) >= 11 is 18.2. The van der Waals surface area contributed by atoms with E-state index < -0.39 is 0 Å². The fourth-order valence-electron chi connectivity index (χ4n) is 0.310. The Hall–Kier alpha value is -0.350. The maximum atomic E-state index is 5.21. The fourth-order valence-corrected chi connectivity index (χ4v) is 0.838. The molecule has 0 heterocycles. The lowest BCUT2D eigenvalue weighted by Crippen LogP contribution is -2.53. The normalized spacial score (nSPS) is 7.67. The van der Waals surface area contributed by atoms with E-state index in [2.05, 4.69) is 54.7 Å². The lowest BCUT2D eigenvalue weighted by molar-refractivity contribution is 0.575. The van der Waals surface area contributed by atoms with Gasteiger partial charge in [0.15, 0.2) is 10.2 Å². The van der Waals surface area contributed by atoms with Gasteiger partial charge < -0.3 is 47.9 Å². The topological polar surface area (TPSA) is 104 Å². The number of nitrogens with two attached hydrogens (primary N) is 2. The molecule has 0 aromatic heterocycles. The number of nitrogens with zero attached hydrogens (tertiary/aromatic N) is 1. The first kappa shape index (κ1) is 14.2. The number of rotatable bonds is 0. The molecule has 0 saturated heterocycles. The molecule has 0 atom stereocenters. The number of nitrogens with one attached hydrogen (secondary N) is 1. The molecule has 0 bridgehead atoms. The Morgan fingerprint density at radius 1 is 1.17 bits per heavy atom. The first-order chi connectivity index (χ1) is 4.95.